The maximum absolute atomic E-state index is 10.0. The second-order valence-corrected chi connectivity index (χ2v) is 15.6. The Hall–Kier alpha value is -5.29. The maximum Gasteiger partial charge on any atom is 0.172 e. The lowest BCUT2D eigenvalue weighted by atomic mass is 9.60. The van der Waals surface area contributed by atoms with Crippen LogP contribution in [0.5, 0.6) is 5.75 Å². The quantitative estimate of drug-likeness (QED) is 0.139. The smallest absolute Gasteiger partial charge is 0.172 e. The molecule has 2 unspecified atom stereocenters. The molecule has 2 aromatic carbocycles. The number of aryl methyl sites for hydroxylation is 1. The van der Waals surface area contributed by atoms with Crippen LogP contribution in [-0.2, 0) is 16.6 Å². The number of thiophene rings is 1. The molecule has 0 spiro atoms. The van der Waals surface area contributed by atoms with E-state index >= 15 is 0 Å². The van der Waals surface area contributed by atoms with Gasteiger partial charge in [0.15, 0.2) is 11.3 Å². The Morgan fingerprint density at radius 1 is 1.06 bits per heavy atom. The first-order chi connectivity index (χ1) is 24.7. The number of fused-ring (bicyclic) bond motifs is 3. The van der Waals surface area contributed by atoms with E-state index in [9.17, 15) is 15.8 Å². The van der Waals surface area contributed by atoms with Crippen LogP contribution in [0.1, 0.15) is 80.9 Å². The normalized spacial score (nSPS) is 22.4. The number of nitriles is 3. The second-order valence-electron chi connectivity index (χ2n) is 14.7. The second kappa shape index (κ2) is 13.8. The van der Waals surface area contributed by atoms with E-state index in [0.29, 0.717) is 11.5 Å². The highest BCUT2D eigenvalue weighted by Gasteiger charge is 2.42. The first-order valence-corrected chi connectivity index (χ1v) is 18.7. The van der Waals surface area contributed by atoms with Gasteiger partial charge in [0.1, 0.15) is 35.1 Å². The predicted molar refractivity (Wildman–Crippen MR) is 204 cm³/mol. The molecule has 7 heteroatoms. The van der Waals surface area contributed by atoms with Crippen molar-refractivity contribution >= 4 is 34.4 Å². The summed E-state index contributed by atoms with van der Waals surface area (Å²) in [6.45, 7) is 7.02. The average molecular weight is 691 g/mol. The summed E-state index contributed by atoms with van der Waals surface area (Å²) in [5, 5.41) is 31.0. The average Bonchev–Trinajstić information content (AvgIpc) is 3.75. The summed E-state index contributed by atoms with van der Waals surface area (Å²) in [6.07, 6.45) is 16.7. The Kier molecular flexibility index (Phi) is 9.24. The fourth-order valence-electron chi connectivity index (χ4n) is 8.73. The molecule has 256 valence electrons. The van der Waals surface area contributed by atoms with E-state index in [1.165, 1.54) is 48.2 Å². The Bertz CT molecular complexity index is 2150. The number of anilines is 2. The summed E-state index contributed by atoms with van der Waals surface area (Å²) in [6, 6.07) is 23.6. The van der Waals surface area contributed by atoms with Crippen molar-refractivity contribution in [3.63, 3.8) is 0 Å². The summed E-state index contributed by atoms with van der Waals surface area (Å²) >= 11 is 1.65. The molecule has 7 rings (SSSR count). The molecule has 2 bridgehead atoms. The minimum atomic E-state index is -0.877. The van der Waals surface area contributed by atoms with Gasteiger partial charge in [-0.3, -0.25) is 0 Å². The van der Waals surface area contributed by atoms with Gasteiger partial charge in [-0.1, -0.05) is 42.9 Å². The van der Waals surface area contributed by atoms with Crippen LogP contribution in [-0.4, -0.2) is 19.3 Å². The number of hydrogen-bond acceptors (Lipinski definition) is 7. The van der Waals surface area contributed by atoms with Gasteiger partial charge < -0.3 is 14.4 Å². The predicted octanol–water partition coefficient (Wildman–Crippen LogP) is 10.6. The minimum absolute atomic E-state index is 0.0466. The number of nitrogens with zero attached hydrogens (tertiary/aromatic N) is 4. The third-order valence-corrected chi connectivity index (χ3v) is 11.8. The molecule has 2 aliphatic carbocycles. The van der Waals surface area contributed by atoms with Crippen molar-refractivity contribution in [2.24, 2.45) is 5.92 Å². The fourth-order valence-corrected chi connectivity index (χ4v) is 9.46. The zero-order valence-electron chi connectivity index (χ0n) is 29.8. The van der Waals surface area contributed by atoms with Gasteiger partial charge in [-0.05, 0) is 129 Å². The summed E-state index contributed by atoms with van der Waals surface area (Å²) in [5.74, 6) is 1.63. The van der Waals surface area contributed by atoms with Crippen molar-refractivity contribution < 1.29 is 9.47 Å². The van der Waals surface area contributed by atoms with E-state index in [1.807, 2.05) is 44.2 Å². The van der Waals surface area contributed by atoms with Crippen LogP contribution in [0.4, 0.5) is 11.4 Å². The summed E-state index contributed by atoms with van der Waals surface area (Å²) in [5.41, 5.74) is 8.79. The van der Waals surface area contributed by atoms with Crippen LogP contribution < -0.4 is 9.64 Å². The Balaban J connectivity index is 1.24. The van der Waals surface area contributed by atoms with Crippen molar-refractivity contribution in [2.75, 3.05) is 18.6 Å². The first kappa shape index (κ1) is 34.2. The lowest BCUT2D eigenvalue weighted by Gasteiger charge is -2.45. The molecular formula is C44H42N4O2S. The number of allylic oxidation sites excluding steroid dienone is 6. The van der Waals surface area contributed by atoms with Crippen LogP contribution in [0.3, 0.4) is 0 Å². The van der Waals surface area contributed by atoms with Crippen LogP contribution in [0, 0.1) is 39.9 Å². The molecule has 51 heavy (non-hydrogen) atoms. The Morgan fingerprint density at radius 2 is 1.90 bits per heavy atom. The van der Waals surface area contributed by atoms with Crippen LogP contribution >= 0.6 is 11.3 Å². The van der Waals surface area contributed by atoms with E-state index in [4.69, 9.17) is 9.47 Å². The van der Waals surface area contributed by atoms with Gasteiger partial charge >= 0.3 is 0 Å². The van der Waals surface area contributed by atoms with Gasteiger partial charge in [0.2, 0.25) is 0 Å². The van der Waals surface area contributed by atoms with Crippen molar-refractivity contribution in [1.82, 2.24) is 0 Å². The molecule has 0 N–H and O–H groups in total. The molecule has 2 atom stereocenters. The number of methoxy groups -OCH3 is 1. The highest BCUT2D eigenvalue weighted by Crippen LogP contribution is 2.53. The molecule has 2 aliphatic heterocycles. The topological polar surface area (TPSA) is 93.1 Å². The Morgan fingerprint density at radius 3 is 2.65 bits per heavy atom. The SMILES string of the molecule is COc1ccc(N2CCCc3cc(/C=C(/C=C/C4=C(C#N)C(=C(C#N)C#N)OC4(C)C)c4cccs4)ccc32)cc1C12CCCC(=CC(C)C1)C2. The summed E-state index contributed by atoms with van der Waals surface area (Å²) in [7, 11) is 1.81. The molecule has 0 radical (unpaired) electrons. The van der Waals surface area contributed by atoms with E-state index in [-0.39, 0.29) is 22.3 Å². The van der Waals surface area contributed by atoms with Crippen molar-refractivity contribution in [3.05, 3.63) is 122 Å². The molecule has 0 amide bonds. The van der Waals surface area contributed by atoms with Crippen molar-refractivity contribution in [3.8, 4) is 24.0 Å². The van der Waals surface area contributed by atoms with Gasteiger partial charge in [-0.2, -0.15) is 15.8 Å². The minimum Gasteiger partial charge on any atom is -0.496 e. The van der Waals surface area contributed by atoms with Gasteiger partial charge in [-0.15, -0.1) is 11.3 Å². The molecule has 0 saturated heterocycles. The van der Waals surface area contributed by atoms with Gasteiger partial charge in [0.25, 0.3) is 0 Å². The number of hydrogen-bond donors (Lipinski definition) is 0. The fraction of sp³-hybridized carbons (Fsp3) is 0.341. The molecule has 4 aliphatic rings. The molecular weight excluding hydrogens is 649 g/mol. The van der Waals surface area contributed by atoms with Crippen molar-refractivity contribution in [2.45, 2.75) is 76.7 Å². The van der Waals surface area contributed by atoms with Crippen LogP contribution in [0.15, 0.2) is 100 Å². The monoisotopic (exact) mass is 690 g/mol. The molecule has 3 aromatic rings. The van der Waals surface area contributed by atoms with Gasteiger partial charge in [0.05, 0.1) is 7.11 Å². The summed E-state index contributed by atoms with van der Waals surface area (Å²) < 4.78 is 12.0. The highest BCUT2D eigenvalue weighted by atomic mass is 32.1. The van der Waals surface area contributed by atoms with E-state index in [2.05, 4.69) is 77.9 Å². The highest BCUT2D eigenvalue weighted by molar-refractivity contribution is 7.11. The maximum atomic E-state index is 10.0. The first-order valence-electron chi connectivity index (χ1n) is 17.8. The lowest BCUT2D eigenvalue weighted by Crippen LogP contribution is -2.35. The van der Waals surface area contributed by atoms with E-state index < -0.39 is 5.60 Å². The zero-order valence-corrected chi connectivity index (χ0v) is 30.6. The zero-order chi connectivity index (χ0) is 35.8. The van der Waals surface area contributed by atoms with Crippen molar-refractivity contribution in [1.29, 1.82) is 15.8 Å². The third kappa shape index (κ3) is 6.42. The standard InChI is InChI=1S/C44H42N4O2S/c1-29-20-31-8-5-17-44(24-29,25-31)38-23-35(13-16-40(38)49-4)48-18-6-9-32-21-30(11-15-39(32)48)22-33(41-10-7-19-51-41)12-14-37-36(28-47)42(34(26-45)27-46)50-43(37,2)3/h7,10-16,19-23,29H,5-6,8-9,17-18,24-25H2,1-4H3/b14-12+,33-22-. The molecule has 3 heterocycles. The molecule has 1 saturated carbocycles. The lowest BCUT2D eigenvalue weighted by molar-refractivity contribution is 0.0954. The third-order valence-electron chi connectivity index (χ3n) is 10.9. The molecule has 1 aromatic heterocycles. The number of benzene rings is 2. The van der Waals surface area contributed by atoms with E-state index in [0.717, 1.165) is 47.6 Å². The molecule has 6 nitrogen and oxygen atoms in total. The number of rotatable bonds is 7. The van der Waals surface area contributed by atoms with Crippen LogP contribution in [0.25, 0.3) is 11.6 Å². The molecule has 1 fully saturated rings. The Labute approximate surface area is 305 Å². The van der Waals surface area contributed by atoms with Crippen LogP contribution in [0.2, 0.25) is 0 Å². The van der Waals surface area contributed by atoms with Gasteiger partial charge in [-0.25, -0.2) is 0 Å². The largest absolute Gasteiger partial charge is 0.496 e. The number of ether oxygens (including phenoxy) is 2. The van der Waals surface area contributed by atoms with E-state index in [1.54, 1.807) is 24.0 Å². The summed E-state index contributed by atoms with van der Waals surface area (Å²) in [4.78, 5) is 3.58. The van der Waals surface area contributed by atoms with Gasteiger partial charge in [0, 0.05) is 39.3 Å².